The number of aromatic nitrogens is 2. The summed E-state index contributed by atoms with van der Waals surface area (Å²) in [5.41, 5.74) is 2.06. The van der Waals surface area contributed by atoms with Crippen molar-refractivity contribution in [2.75, 3.05) is 17.3 Å². The van der Waals surface area contributed by atoms with Crippen molar-refractivity contribution in [3.05, 3.63) is 16.3 Å². The number of nitro groups is 1. The van der Waals surface area contributed by atoms with Gasteiger partial charge in [0.15, 0.2) is 0 Å². The van der Waals surface area contributed by atoms with Crippen LogP contribution in [0.25, 0.3) is 0 Å². The zero-order valence-electron chi connectivity index (χ0n) is 11.0. The Kier molecular flexibility index (Phi) is 4.64. The van der Waals surface area contributed by atoms with Gasteiger partial charge in [-0.25, -0.2) is 10.8 Å². The Labute approximate surface area is 115 Å². The van der Waals surface area contributed by atoms with Gasteiger partial charge in [-0.2, -0.15) is 4.98 Å². The maximum absolute atomic E-state index is 11.0. The van der Waals surface area contributed by atoms with Crippen molar-refractivity contribution < 1.29 is 10.0 Å². The molecule has 0 saturated heterocycles. The predicted octanol–water partition coefficient (Wildman–Crippen LogP) is 0.633. The quantitative estimate of drug-likeness (QED) is 0.350. The molecule has 1 aromatic rings. The molecular formula is C11H18N6O3. The molecule has 1 aromatic heterocycles. The van der Waals surface area contributed by atoms with Crippen LogP contribution in [0.1, 0.15) is 25.7 Å². The van der Waals surface area contributed by atoms with E-state index in [0.29, 0.717) is 0 Å². The van der Waals surface area contributed by atoms with Gasteiger partial charge in [0.25, 0.3) is 0 Å². The zero-order chi connectivity index (χ0) is 14.5. The third-order valence-electron chi connectivity index (χ3n) is 3.56. The van der Waals surface area contributed by atoms with Gasteiger partial charge < -0.3 is 10.4 Å². The molecule has 9 nitrogen and oxygen atoms in total. The van der Waals surface area contributed by atoms with Gasteiger partial charge in [-0.3, -0.25) is 15.5 Å². The van der Waals surface area contributed by atoms with Crippen molar-refractivity contribution in [2.45, 2.75) is 31.7 Å². The number of rotatable bonds is 5. The van der Waals surface area contributed by atoms with Crippen molar-refractivity contribution >= 4 is 17.5 Å². The smallest absolute Gasteiger partial charge is 0.329 e. The van der Waals surface area contributed by atoms with Crippen LogP contribution in [-0.4, -0.2) is 32.6 Å². The molecule has 9 heteroatoms. The molecule has 20 heavy (non-hydrogen) atoms. The van der Waals surface area contributed by atoms with E-state index in [1.807, 2.05) is 0 Å². The number of hydrogen-bond acceptors (Lipinski definition) is 8. The van der Waals surface area contributed by atoms with Crippen LogP contribution < -0.4 is 16.6 Å². The lowest BCUT2D eigenvalue weighted by atomic mass is 9.85. The largest absolute Gasteiger partial charge is 0.396 e. The highest BCUT2D eigenvalue weighted by Gasteiger charge is 2.27. The number of aliphatic hydroxyl groups is 1. The van der Waals surface area contributed by atoms with Gasteiger partial charge in [-0.05, 0) is 12.8 Å². The highest BCUT2D eigenvalue weighted by atomic mass is 16.6. The van der Waals surface area contributed by atoms with E-state index >= 15 is 0 Å². The highest BCUT2D eigenvalue weighted by Crippen LogP contribution is 2.29. The summed E-state index contributed by atoms with van der Waals surface area (Å²) in [5, 5.41) is 23.4. The molecule has 0 aliphatic heterocycles. The number of nitrogens with two attached hydrogens (primary N) is 1. The number of nitrogen functional groups attached to an aromatic ring is 1. The van der Waals surface area contributed by atoms with E-state index in [2.05, 4.69) is 20.7 Å². The molecule has 1 heterocycles. The number of aliphatic hydroxyl groups excluding tert-OH is 1. The SMILES string of the molecule is NNc1ncc([N+](=O)[O-])c(NC2CCCCC2CO)n1. The van der Waals surface area contributed by atoms with Crippen LogP contribution >= 0.6 is 0 Å². The fraction of sp³-hybridized carbons (Fsp3) is 0.636. The molecule has 1 saturated carbocycles. The van der Waals surface area contributed by atoms with E-state index in [4.69, 9.17) is 5.84 Å². The summed E-state index contributed by atoms with van der Waals surface area (Å²) >= 11 is 0. The molecule has 2 rings (SSSR count). The van der Waals surface area contributed by atoms with E-state index in [1.54, 1.807) is 0 Å². The van der Waals surface area contributed by atoms with Gasteiger partial charge in [0, 0.05) is 18.6 Å². The first kappa shape index (κ1) is 14.4. The summed E-state index contributed by atoms with van der Waals surface area (Å²) in [6, 6.07) is -0.0343. The third-order valence-corrected chi connectivity index (χ3v) is 3.56. The molecule has 2 atom stereocenters. The summed E-state index contributed by atoms with van der Waals surface area (Å²) < 4.78 is 0. The minimum Gasteiger partial charge on any atom is -0.396 e. The second-order valence-electron chi connectivity index (χ2n) is 4.81. The summed E-state index contributed by atoms with van der Waals surface area (Å²) in [5.74, 6) is 5.53. The van der Waals surface area contributed by atoms with Gasteiger partial charge in [0.05, 0.1) is 4.92 Å². The molecule has 1 aliphatic carbocycles. The number of nitrogens with one attached hydrogen (secondary N) is 2. The average molecular weight is 282 g/mol. The van der Waals surface area contributed by atoms with Crippen LogP contribution in [-0.2, 0) is 0 Å². The lowest BCUT2D eigenvalue weighted by molar-refractivity contribution is -0.384. The molecule has 0 spiro atoms. The first-order valence-corrected chi connectivity index (χ1v) is 6.51. The molecule has 5 N–H and O–H groups in total. The molecule has 0 radical (unpaired) electrons. The average Bonchev–Trinajstić information content (AvgIpc) is 2.47. The molecule has 2 unspecified atom stereocenters. The van der Waals surface area contributed by atoms with Gasteiger partial charge >= 0.3 is 5.69 Å². The maximum atomic E-state index is 11.0. The lowest BCUT2D eigenvalue weighted by Gasteiger charge is -2.31. The predicted molar refractivity (Wildman–Crippen MR) is 73.0 cm³/mol. The monoisotopic (exact) mass is 282 g/mol. The Morgan fingerprint density at radius 3 is 2.90 bits per heavy atom. The molecule has 0 amide bonds. The summed E-state index contributed by atoms with van der Waals surface area (Å²) in [6.45, 7) is 0.0541. The van der Waals surface area contributed by atoms with Crippen LogP contribution in [0.5, 0.6) is 0 Å². The van der Waals surface area contributed by atoms with E-state index in [-0.39, 0.29) is 36.0 Å². The fourth-order valence-corrected chi connectivity index (χ4v) is 2.48. The Bertz CT molecular complexity index is 483. The molecule has 110 valence electrons. The lowest BCUT2D eigenvalue weighted by Crippen LogP contribution is -2.35. The van der Waals surface area contributed by atoms with Gasteiger partial charge in [0.2, 0.25) is 11.8 Å². The molecule has 0 bridgehead atoms. The maximum Gasteiger partial charge on any atom is 0.329 e. The van der Waals surface area contributed by atoms with E-state index < -0.39 is 4.92 Å². The van der Waals surface area contributed by atoms with Gasteiger partial charge in [0.1, 0.15) is 6.20 Å². The van der Waals surface area contributed by atoms with E-state index in [9.17, 15) is 15.2 Å². The first-order chi connectivity index (χ1) is 9.65. The second-order valence-corrected chi connectivity index (χ2v) is 4.81. The molecule has 1 aliphatic rings. The summed E-state index contributed by atoms with van der Waals surface area (Å²) in [7, 11) is 0. The molecule has 0 aromatic carbocycles. The number of hydrazine groups is 1. The van der Waals surface area contributed by atoms with Crippen LogP contribution in [0.3, 0.4) is 0 Å². The first-order valence-electron chi connectivity index (χ1n) is 6.51. The number of anilines is 2. The normalized spacial score (nSPS) is 22.3. The fourth-order valence-electron chi connectivity index (χ4n) is 2.48. The van der Waals surface area contributed by atoms with Crippen LogP contribution in [0, 0.1) is 16.0 Å². The highest BCUT2D eigenvalue weighted by molar-refractivity contribution is 5.57. The third kappa shape index (κ3) is 3.11. The second kappa shape index (κ2) is 6.44. The standard InChI is InChI=1S/C11H18N6O3/c12-16-11-13-5-9(17(19)20)10(15-11)14-8-4-2-1-3-7(8)6-18/h5,7-8,18H,1-4,6,12H2,(H2,13,14,15,16). The molecular weight excluding hydrogens is 264 g/mol. The Hall–Kier alpha value is -2.00. The van der Waals surface area contributed by atoms with Crippen LogP contribution in [0.2, 0.25) is 0 Å². The zero-order valence-corrected chi connectivity index (χ0v) is 11.0. The van der Waals surface area contributed by atoms with Crippen molar-refractivity contribution in [1.82, 2.24) is 9.97 Å². The van der Waals surface area contributed by atoms with Crippen molar-refractivity contribution in [3.8, 4) is 0 Å². The Morgan fingerprint density at radius 2 is 2.25 bits per heavy atom. The minimum atomic E-state index is -0.542. The van der Waals surface area contributed by atoms with Crippen LogP contribution in [0.4, 0.5) is 17.5 Å². The van der Waals surface area contributed by atoms with Crippen LogP contribution in [0.15, 0.2) is 6.20 Å². The van der Waals surface area contributed by atoms with Gasteiger partial charge in [-0.1, -0.05) is 12.8 Å². The Balaban J connectivity index is 2.23. The molecule has 1 fully saturated rings. The number of nitrogens with zero attached hydrogens (tertiary/aromatic N) is 3. The Morgan fingerprint density at radius 1 is 1.50 bits per heavy atom. The summed E-state index contributed by atoms with van der Waals surface area (Å²) in [6.07, 6.45) is 4.94. The van der Waals surface area contributed by atoms with E-state index in [0.717, 1.165) is 31.9 Å². The van der Waals surface area contributed by atoms with Crippen molar-refractivity contribution in [3.63, 3.8) is 0 Å². The number of hydrogen-bond donors (Lipinski definition) is 4. The topological polar surface area (TPSA) is 139 Å². The minimum absolute atomic E-state index is 0.0343. The van der Waals surface area contributed by atoms with Crippen molar-refractivity contribution in [1.29, 1.82) is 0 Å². The van der Waals surface area contributed by atoms with Gasteiger partial charge in [-0.15, -0.1) is 0 Å². The summed E-state index contributed by atoms with van der Waals surface area (Å²) in [4.78, 5) is 18.2. The van der Waals surface area contributed by atoms with Crippen molar-refractivity contribution in [2.24, 2.45) is 11.8 Å². The van der Waals surface area contributed by atoms with E-state index in [1.165, 1.54) is 0 Å².